The molecule has 0 aliphatic heterocycles. The smallest absolute Gasteiger partial charge is 0.256 e. The number of aryl methyl sites for hydroxylation is 2. The largest absolute Gasteiger partial charge is 0.361 e. The van der Waals surface area contributed by atoms with Crippen LogP contribution in [0.1, 0.15) is 53.1 Å². The highest BCUT2D eigenvalue weighted by Crippen LogP contribution is 2.39. The third-order valence-electron chi connectivity index (χ3n) is 5.92. The van der Waals surface area contributed by atoms with Gasteiger partial charge in [-0.3, -0.25) is 4.79 Å². The minimum atomic E-state index is -0.153. The second-order valence-electron chi connectivity index (χ2n) is 7.76. The van der Waals surface area contributed by atoms with Crippen LogP contribution in [-0.4, -0.2) is 36.7 Å². The Morgan fingerprint density at radius 1 is 1.30 bits per heavy atom. The van der Waals surface area contributed by atoms with E-state index >= 15 is 0 Å². The topological polar surface area (TPSA) is 115 Å². The molecule has 1 aromatic heterocycles. The lowest BCUT2D eigenvalue weighted by Gasteiger charge is -2.41. The maximum absolute atomic E-state index is 12.8. The van der Waals surface area contributed by atoms with Gasteiger partial charge in [-0.25, -0.2) is 0 Å². The molecule has 30 heavy (non-hydrogen) atoms. The Labute approximate surface area is 176 Å². The molecule has 0 spiro atoms. The molecular weight excluding hydrogens is 380 g/mol. The summed E-state index contributed by atoms with van der Waals surface area (Å²) in [7, 11) is 1.74. The van der Waals surface area contributed by atoms with E-state index < -0.39 is 0 Å². The van der Waals surface area contributed by atoms with Crippen LogP contribution in [0.4, 0.5) is 0 Å². The number of nitriles is 1. The number of carbonyl (C=O) groups is 1. The molecule has 1 aromatic carbocycles. The number of benzene rings is 1. The van der Waals surface area contributed by atoms with Crippen LogP contribution >= 0.6 is 0 Å². The number of amides is 1. The molecule has 0 atom stereocenters. The molecule has 3 N–H and O–H groups in total. The van der Waals surface area contributed by atoms with E-state index in [0.717, 1.165) is 25.7 Å². The van der Waals surface area contributed by atoms with E-state index in [1.54, 1.807) is 20.9 Å². The van der Waals surface area contributed by atoms with Gasteiger partial charge >= 0.3 is 0 Å². The highest BCUT2D eigenvalue weighted by molar-refractivity contribution is 5.96. The van der Waals surface area contributed by atoms with Crippen LogP contribution in [0.25, 0.3) is 0 Å². The van der Waals surface area contributed by atoms with Crippen molar-refractivity contribution >= 4 is 11.9 Å². The predicted octanol–water partition coefficient (Wildman–Crippen LogP) is 2.55. The second kappa shape index (κ2) is 9.44. The molecule has 8 heteroatoms. The Bertz CT molecular complexity index is 917. The van der Waals surface area contributed by atoms with Crippen LogP contribution in [-0.2, 0) is 5.41 Å². The molecule has 3 rings (SSSR count). The predicted molar refractivity (Wildman–Crippen MR) is 114 cm³/mol. The van der Waals surface area contributed by atoms with Gasteiger partial charge in [0.1, 0.15) is 11.3 Å². The van der Waals surface area contributed by atoms with Crippen molar-refractivity contribution < 1.29 is 9.32 Å². The van der Waals surface area contributed by atoms with E-state index in [1.165, 1.54) is 5.56 Å². The Kier molecular flexibility index (Phi) is 6.72. The molecule has 8 nitrogen and oxygen atoms in total. The summed E-state index contributed by atoms with van der Waals surface area (Å²) in [5.74, 6) is 0.866. The second-order valence-corrected chi connectivity index (χ2v) is 7.76. The monoisotopic (exact) mass is 408 g/mol. The molecule has 0 saturated heterocycles. The number of nitrogens with one attached hydrogen (secondary N) is 3. The summed E-state index contributed by atoms with van der Waals surface area (Å²) in [6.45, 7) is 4.07. The normalized spacial score (nSPS) is 21.5. The lowest BCUT2D eigenvalue weighted by Crippen LogP contribution is -2.49. The summed E-state index contributed by atoms with van der Waals surface area (Å²) in [6, 6.07) is 10.6. The van der Waals surface area contributed by atoms with Crippen LogP contribution in [0.2, 0.25) is 0 Å². The van der Waals surface area contributed by atoms with Crippen LogP contribution in [0, 0.1) is 25.3 Å². The summed E-state index contributed by atoms with van der Waals surface area (Å²) in [6.07, 6.45) is 5.42. The van der Waals surface area contributed by atoms with Gasteiger partial charge in [0.2, 0.25) is 12.2 Å². The van der Waals surface area contributed by atoms with Crippen molar-refractivity contribution in [3.8, 4) is 6.19 Å². The van der Waals surface area contributed by atoms with E-state index in [-0.39, 0.29) is 17.4 Å². The van der Waals surface area contributed by atoms with Crippen LogP contribution in [0.15, 0.2) is 39.8 Å². The Morgan fingerprint density at radius 3 is 2.57 bits per heavy atom. The van der Waals surface area contributed by atoms with Gasteiger partial charge in [0, 0.05) is 25.0 Å². The van der Waals surface area contributed by atoms with Crippen molar-refractivity contribution in [1.82, 2.24) is 21.1 Å². The molecular formula is C22H28N6O2. The fraction of sp³-hybridized carbons (Fsp3) is 0.455. The molecule has 1 heterocycles. The van der Waals surface area contributed by atoms with Crippen molar-refractivity contribution in [3.05, 3.63) is 52.9 Å². The third kappa shape index (κ3) is 4.62. The molecule has 2 aromatic rings. The number of nitrogens with zero attached hydrogens (tertiary/aromatic N) is 3. The first-order valence-corrected chi connectivity index (χ1v) is 10.2. The summed E-state index contributed by atoms with van der Waals surface area (Å²) in [5, 5.41) is 22.0. The van der Waals surface area contributed by atoms with Gasteiger partial charge in [-0.15, -0.1) is 4.99 Å². The number of aliphatic imine (C=N–C) groups is 1. The van der Waals surface area contributed by atoms with Crippen LogP contribution < -0.4 is 16.0 Å². The number of guanidine groups is 1. The number of rotatable bonds is 5. The first kappa shape index (κ1) is 21.4. The Hall–Kier alpha value is -3.34. The molecule has 0 bridgehead atoms. The van der Waals surface area contributed by atoms with Gasteiger partial charge in [-0.05, 0) is 45.1 Å². The van der Waals surface area contributed by atoms with Crippen LogP contribution in [0.5, 0.6) is 0 Å². The quantitative estimate of drug-likeness (QED) is 0.398. The molecule has 0 radical (unpaired) electrons. The average Bonchev–Trinajstić information content (AvgIpc) is 3.11. The molecule has 0 unspecified atom stereocenters. The third-order valence-corrected chi connectivity index (χ3v) is 5.92. The summed E-state index contributed by atoms with van der Waals surface area (Å²) in [4.78, 5) is 16.6. The lowest BCUT2D eigenvalue weighted by atomic mass is 9.68. The Morgan fingerprint density at radius 2 is 2.00 bits per heavy atom. The van der Waals surface area contributed by atoms with Gasteiger partial charge in [0.25, 0.3) is 5.91 Å². The highest BCUT2D eigenvalue weighted by Gasteiger charge is 2.37. The number of hydrogen-bond acceptors (Lipinski definition) is 5. The first-order chi connectivity index (χ1) is 14.5. The van der Waals surface area contributed by atoms with Gasteiger partial charge < -0.3 is 20.5 Å². The van der Waals surface area contributed by atoms with Crippen molar-refractivity contribution in [2.45, 2.75) is 51.0 Å². The molecule has 158 valence electrons. The molecule has 1 aliphatic carbocycles. The zero-order valence-electron chi connectivity index (χ0n) is 17.7. The van der Waals surface area contributed by atoms with Gasteiger partial charge in [0.05, 0.1) is 5.69 Å². The molecule has 1 aliphatic rings. The minimum absolute atomic E-state index is 0.152. The number of aromatic nitrogens is 1. The van der Waals surface area contributed by atoms with Crippen molar-refractivity contribution in [3.63, 3.8) is 0 Å². The van der Waals surface area contributed by atoms with E-state index in [9.17, 15) is 4.79 Å². The summed E-state index contributed by atoms with van der Waals surface area (Å²) >= 11 is 0. The first-order valence-electron chi connectivity index (χ1n) is 10.2. The zero-order chi connectivity index (χ0) is 21.6. The molecule has 1 saturated carbocycles. The van der Waals surface area contributed by atoms with E-state index in [2.05, 4.69) is 38.2 Å². The van der Waals surface area contributed by atoms with E-state index in [0.29, 0.717) is 29.5 Å². The summed E-state index contributed by atoms with van der Waals surface area (Å²) in [5.41, 5.74) is 2.19. The molecule has 1 amide bonds. The SMILES string of the molecule is CN/C(=N\C#N)N[C@H]1CC[C@](CNC(=O)c2c(C)noc2C)(c2ccccc2)CC1. The number of hydrogen-bond donors (Lipinski definition) is 3. The standard InChI is InChI=1S/C22H28N6O2/c1-15-19(16(2)30-28-15)20(29)25-13-22(17-7-5-4-6-8-17)11-9-18(10-12-22)27-21(24-3)26-14-23/h4-8,18H,9-13H2,1-3H3,(H,25,29)(H2,24,26,27)/t18-,22-. The minimum Gasteiger partial charge on any atom is -0.361 e. The van der Waals surface area contributed by atoms with E-state index in [4.69, 9.17) is 9.78 Å². The van der Waals surface area contributed by atoms with Gasteiger partial charge in [-0.1, -0.05) is 35.5 Å². The summed E-state index contributed by atoms with van der Waals surface area (Å²) < 4.78 is 5.14. The Balaban J connectivity index is 1.74. The van der Waals surface area contributed by atoms with E-state index in [1.807, 2.05) is 24.4 Å². The number of carbonyl (C=O) groups excluding carboxylic acids is 1. The highest BCUT2D eigenvalue weighted by atomic mass is 16.5. The van der Waals surface area contributed by atoms with Crippen molar-refractivity contribution in [2.24, 2.45) is 4.99 Å². The van der Waals surface area contributed by atoms with Crippen molar-refractivity contribution in [1.29, 1.82) is 5.26 Å². The van der Waals surface area contributed by atoms with Gasteiger partial charge in [-0.2, -0.15) is 5.26 Å². The van der Waals surface area contributed by atoms with Crippen molar-refractivity contribution in [2.75, 3.05) is 13.6 Å². The van der Waals surface area contributed by atoms with Gasteiger partial charge in [0.15, 0.2) is 0 Å². The molecule has 1 fully saturated rings. The maximum Gasteiger partial charge on any atom is 0.256 e. The fourth-order valence-electron chi connectivity index (χ4n) is 4.22. The average molecular weight is 409 g/mol. The maximum atomic E-state index is 12.8. The van der Waals surface area contributed by atoms with Crippen LogP contribution in [0.3, 0.4) is 0 Å². The lowest BCUT2D eigenvalue weighted by molar-refractivity contribution is 0.0933. The zero-order valence-corrected chi connectivity index (χ0v) is 17.7. The fourth-order valence-corrected chi connectivity index (χ4v) is 4.22.